The number of rotatable bonds is 7. The zero-order valence-electron chi connectivity index (χ0n) is 10.9. The van der Waals surface area contributed by atoms with Crippen molar-refractivity contribution in [1.82, 2.24) is 5.32 Å². The molecule has 96 valence electrons. The maximum atomic E-state index is 13.1. The Hall–Kier alpha value is -0.540. The molecule has 1 aromatic rings. The fourth-order valence-electron chi connectivity index (χ4n) is 1.59. The lowest BCUT2D eigenvalue weighted by atomic mass is 10.1. The number of hydrogen-bond acceptors (Lipinski definition) is 2. The minimum atomic E-state index is -0.146. The molecule has 0 saturated carbocycles. The van der Waals surface area contributed by atoms with Gasteiger partial charge in [-0.1, -0.05) is 26.0 Å². The minimum Gasteiger partial charge on any atom is -0.316 e. The summed E-state index contributed by atoms with van der Waals surface area (Å²) in [6.07, 6.45) is 2.08. The van der Waals surface area contributed by atoms with Crippen LogP contribution in [0.1, 0.15) is 25.8 Å². The van der Waals surface area contributed by atoms with Crippen LogP contribution < -0.4 is 5.32 Å². The first kappa shape index (κ1) is 14.5. The fourth-order valence-corrected chi connectivity index (χ4v) is 2.67. The molecule has 0 radical (unpaired) electrons. The van der Waals surface area contributed by atoms with Crippen molar-refractivity contribution in [2.24, 2.45) is 0 Å². The summed E-state index contributed by atoms with van der Waals surface area (Å²) in [4.78, 5) is 0. The Morgan fingerprint density at radius 1 is 1.41 bits per heavy atom. The van der Waals surface area contributed by atoms with Crippen molar-refractivity contribution in [2.45, 2.75) is 38.0 Å². The van der Waals surface area contributed by atoms with Crippen LogP contribution in [0.2, 0.25) is 0 Å². The Balaban J connectivity index is 2.46. The fraction of sp³-hybridized carbons (Fsp3) is 0.571. The van der Waals surface area contributed by atoms with Gasteiger partial charge in [0.25, 0.3) is 0 Å². The van der Waals surface area contributed by atoms with Gasteiger partial charge in [-0.3, -0.25) is 0 Å². The van der Waals surface area contributed by atoms with E-state index in [0.29, 0.717) is 11.3 Å². The lowest BCUT2D eigenvalue weighted by Crippen LogP contribution is -2.30. The van der Waals surface area contributed by atoms with Crippen LogP contribution in [0.5, 0.6) is 0 Å². The SMILES string of the molecule is CCC(C)SCC(Cc1cccc(F)c1)NC. The molecule has 1 nitrogen and oxygen atoms in total. The second kappa shape index (κ2) is 7.72. The van der Waals surface area contributed by atoms with Gasteiger partial charge >= 0.3 is 0 Å². The van der Waals surface area contributed by atoms with Gasteiger partial charge in [0.05, 0.1) is 0 Å². The molecule has 0 aliphatic heterocycles. The molecule has 0 aromatic heterocycles. The average molecular weight is 255 g/mol. The Labute approximate surface area is 108 Å². The molecule has 1 N–H and O–H groups in total. The van der Waals surface area contributed by atoms with Gasteiger partial charge in [0, 0.05) is 17.0 Å². The topological polar surface area (TPSA) is 12.0 Å². The van der Waals surface area contributed by atoms with E-state index in [1.54, 1.807) is 12.1 Å². The lowest BCUT2D eigenvalue weighted by Gasteiger charge is -2.18. The molecule has 1 rings (SSSR count). The molecule has 17 heavy (non-hydrogen) atoms. The van der Waals surface area contributed by atoms with Crippen molar-refractivity contribution in [3.05, 3.63) is 35.6 Å². The smallest absolute Gasteiger partial charge is 0.123 e. The quantitative estimate of drug-likeness (QED) is 0.800. The number of thioether (sulfide) groups is 1. The van der Waals surface area contributed by atoms with Gasteiger partial charge < -0.3 is 5.32 Å². The molecule has 0 bridgehead atoms. The second-order valence-electron chi connectivity index (χ2n) is 4.37. The molecule has 0 spiro atoms. The van der Waals surface area contributed by atoms with E-state index in [9.17, 15) is 4.39 Å². The number of nitrogens with one attached hydrogen (secondary N) is 1. The van der Waals surface area contributed by atoms with E-state index in [2.05, 4.69) is 19.2 Å². The van der Waals surface area contributed by atoms with Gasteiger partial charge in [0.1, 0.15) is 5.82 Å². The third kappa shape index (κ3) is 5.55. The van der Waals surface area contributed by atoms with Crippen molar-refractivity contribution in [3.8, 4) is 0 Å². The third-order valence-corrected chi connectivity index (χ3v) is 4.43. The summed E-state index contributed by atoms with van der Waals surface area (Å²) < 4.78 is 13.1. The summed E-state index contributed by atoms with van der Waals surface area (Å²) in [5.74, 6) is 0.925. The molecule has 2 unspecified atom stereocenters. The number of halogens is 1. The zero-order valence-corrected chi connectivity index (χ0v) is 11.7. The Bertz CT molecular complexity index is 330. The van der Waals surface area contributed by atoms with Gasteiger partial charge in [-0.25, -0.2) is 4.39 Å². The van der Waals surface area contributed by atoms with Crippen molar-refractivity contribution < 1.29 is 4.39 Å². The van der Waals surface area contributed by atoms with Gasteiger partial charge in [-0.05, 0) is 37.6 Å². The third-order valence-electron chi connectivity index (χ3n) is 2.94. The molecule has 2 atom stereocenters. The number of benzene rings is 1. The monoisotopic (exact) mass is 255 g/mol. The predicted molar refractivity (Wildman–Crippen MR) is 75.2 cm³/mol. The summed E-state index contributed by atoms with van der Waals surface area (Å²) in [6, 6.07) is 7.29. The summed E-state index contributed by atoms with van der Waals surface area (Å²) in [6.45, 7) is 4.46. The van der Waals surface area contributed by atoms with Crippen molar-refractivity contribution >= 4 is 11.8 Å². The summed E-state index contributed by atoms with van der Waals surface area (Å²) in [5, 5.41) is 4.00. The maximum absolute atomic E-state index is 13.1. The van der Waals surface area contributed by atoms with Crippen LogP contribution in [0.25, 0.3) is 0 Å². The molecule has 1 aromatic carbocycles. The Morgan fingerprint density at radius 3 is 2.76 bits per heavy atom. The van der Waals surface area contributed by atoms with Crippen LogP contribution in [0.15, 0.2) is 24.3 Å². The molecular weight excluding hydrogens is 233 g/mol. The first-order valence-corrected chi connectivity index (χ1v) is 7.23. The summed E-state index contributed by atoms with van der Waals surface area (Å²) in [5.41, 5.74) is 1.06. The Kier molecular flexibility index (Phi) is 6.60. The van der Waals surface area contributed by atoms with Crippen molar-refractivity contribution in [3.63, 3.8) is 0 Å². The minimum absolute atomic E-state index is 0.146. The normalized spacial score (nSPS) is 14.6. The van der Waals surface area contributed by atoms with E-state index in [-0.39, 0.29) is 5.82 Å². The van der Waals surface area contributed by atoms with Gasteiger partial charge in [-0.15, -0.1) is 0 Å². The highest BCUT2D eigenvalue weighted by Gasteiger charge is 2.10. The van der Waals surface area contributed by atoms with Crippen LogP contribution in [0.4, 0.5) is 4.39 Å². The van der Waals surface area contributed by atoms with Crippen LogP contribution in [0, 0.1) is 5.82 Å². The van der Waals surface area contributed by atoms with Crippen molar-refractivity contribution in [1.29, 1.82) is 0 Å². The molecule has 3 heteroatoms. The molecule has 0 fully saturated rings. The van der Waals surface area contributed by atoms with Crippen LogP contribution in [0.3, 0.4) is 0 Å². The number of hydrogen-bond donors (Lipinski definition) is 1. The van der Waals surface area contributed by atoms with Crippen LogP contribution in [-0.2, 0) is 6.42 Å². The van der Waals surface area contributed by atoms with Crippen LogP contribution >= 0.6 is 11.8 Å². The largest absolute Gasteiger partial charge is 0.316 e. The molecule has 0 aliphatic carbocycles. The van der Waals surface area contributed by atoms with E-state index < -0.39 is 0 Å². The highest BCUT2D eigenvalue weighted by atomic mass is 32.2. The molecule has 0 amide bonds. The van der Waals surface area contributed by atoms with E-state index in [1.165, 1.54) is 12.5 Å². The van der Waals surface area contributed by atoms with E-state index in [1.807, 2.05) is 24.9 Å². The first-order valence-electron chi connectivity index (χ1n) is 6.19. The van der Waals surface area contributed by atoms with Crippen molar-refractivity contribution in [2.75, 3.05) is 12.8 Å². The average Bonchev–Trinajstić information content (AvgIpc) is 2.34. The standard InChI is InChI=1S/C14H22FNS/c1-4-11(2)17-10-14(16-3)9-12-6-5-7-13(15)8-12/h5-8,11,14,16H,4,9-10H2,1-3H3. The molecule has 0 saturated heterocycles. The molecule has 0 aliphatic rings. The lowest BCUT2D eigenvalue weighted by molar-refractivity contribution is 0.602. The molecular formula is C14H22FNS. The van der Waals surface area contributed by atoms with Gasteiger partial charge in [-0.2, -0.15) is 11.8 Å². The molecule has 0 heterocycles. The van der Waals surface area contributed by atoms with E-state index in [0.717, 1.165) is 17.7 Å². The zero-order chi connectivity index (χ0) is 12.7. The maximum Gasteiger partial charge on any atom is 0.123 e. The first-order chi connectivity index (χ1) is 8.15. The van der Waals surface area contributed by atoms with Gasteiger partial charge in [0.15, 0.2) is 0 Å². The van der Waals surface area contributed by atoms with Crippen LogP contribution in [-0.4, -0.2) is 24.1 Å². The summed E-state index contributed by atoms with van der Waals surface area (Å²) in [7, 11) is 1.97. The number of likely N-dealkylation sites (N-methyl/N-ethyl adjacent to an activating group) is 1. The predicted octanol–water partition coefficient (Wildman–Crippen LogP) is 3.49. The highest BCUT2D eigenvalue weighted by Crippen LogP contribution is 2.16. The van der Waals surface area contributed by atoms with Gasteiger partial charge in [0.2, 0.25) is 0 Å². The summed E-state index contributed by atoms with van der Waals surface area (Å²) >= 11 is 1.98. The Morgan fingerprint density at radius 2 is 2.18 bits per heavy atom. The second-order valence-corrected chi connectivity index (χ2v) is 5.84. The van der Waals surface area contributed by atoms with E-state index >= 15 is 0 Å². The highest BCUT2D eigenvalue weighted by molar-refractivity contribution is 7.99. The van der Waals surface area contributed by atoms with E-state index in [4.69, 9.17) is 0 Å².